The van der Waals surface area contributed by atoms with Crippen molar-refractivity contribution in [3.8, 4) is 11.5 Å². The smallest absolute Gasteiger partial charge is 0.338 e. The third-order valence-corrected chi connectivity index (χ3v) is 3.45. The number of H-pyrrole nitrogens is 1. The van der Waals surface area contributed by atoms with Gasteiger partial charge < -0.3 is 10.1 Å². The van der Waals surface area contributed by atoms with Gasteiger partial charge in [-0.25, -0.2) is 9.78 Å². The molecule has 0 bridgehead atoms. The van der Waals surface area contributed by atoms with Gasteiger partial charge in [0.05, 0.1) is 16.6 Å². The highest BCUT2D eigenvalue weighted by Gasteiger charge is 2.17. The van der Waals surface area contributed by atoms with E-state index >= 15 is 0 Å². The van der Waals surface area contributed by atoms with Crippen LogP contribution < -0.4 is 0 Å². The Morgan fingerprint density at radius 3 is 2.86 bits per heavy atom. The van der Waals surface area contributed by atoms with Crippen molar-refractivity contribution in [2.45, 2.75) is 20.3 Å². The normalized spacial score (nSPS) is 11.0. The van der Waals surface area contributed by atoms with Crippen LogP contribution in [0.25, 0.3) is 22.6 Å². The molecule has 21 heavy (non-hydrogen) atoms. The molecule has 0 aliphatic rings. The lowest BCUT2D eigenvalue weighted by atomic mass is 10.1. The molecule has 0 saturated heterocycles. The predicted molar refractivity (Wildman–Crippen MR) is 80.4 cm³/mol. The van der Waals surface area contributed by atoms with E-state index in [0.29, 0.717) is 11.5 Å². The molecule has 2 aromatic heterocycles. The van der Waals surface area contributed by atoms with Gasteiger partial charge in [-0.05, 0) is 42.7 Å². The molecule has 106 valence electrons. The van der Waals surface area contributed by atoms with Crippen LogP contribution in [0.2, 0.25) is 0 Å². The summed E-state index contributed by atoms with van der Waals surface area (Å²) in [5.74, 6) is -0.514. The average molecular weight is 281 g/mol. The molecule has 0 atom stereocenters. The first-order valence-electron chi connectivity index (χ1n) is 6.77. The number of nitrogens with zero attached hydrogens (tertiary/aromatic N) is 2. The summed E-state index contributed by atoms with van der Waals surface area (Å²) in [7, 11) is 0. The quantitative estimate of drug-likeness (QED) is 0.772. The number of nitrogens with one attached hydrogen (secondary N) is 1. The second-order valence-electron chi connectivity index (χ2n) is 5.00. The topological polar surface area (TPSA) is 78.9 Å². The molecule has 0 amide bonds. The number of imidazole rings is 1. The van der Waals surface area contributed by atoms with Crippen molar-refractivity contribution in [3.63, 3.8) is 0 Å². The maximum absolute atomic E-state index is 11.5. The first kappa shape index (κ1) is 13.3. The molecule has 0 saturated carbocycles. The number of carbonyl (C=O) groups is 1. The SMILES string of the molecule is CCc1cnc(-c2nc3cc(C)ccc3[nH]2)c(C(=O)O)c1. The van der Waals surface area contributed by atoms with Crippen LogP contribution in [-0.2, 0) is 6.42 Å². The second-order valence-corrected chi connectivity index (χ2v) is 5.00. The van der Waals surface area contributed by atoms with Gasteiger partial charge in [-0.2, -0.15) is 0 Å². The fraction of sp³-hybridized carbons (Fsp3) is 0.188. The minimum atomic E-state index is -0.996. The Kier molecular flexibility index (Phi) is 3.17. The van der Waals surface area contributed by atoms with Crippen LogP contribution in [-0.4, -0.2) is 26.0 Å². The minimum Gasteiger partial charge on any atom is -0.478 e. The largest absolute Gasteiger partial charge is 0.478 e. The lowest BCUT2D eigenvalue weighted by Gasteiger charge is -2.04. The highest BCUT2D eigenvalue weighted by Crippen LogP contribution is 2.23. The van der Waals surface area contributed by atoms with Crippen molar-refractivity contribution in [1.29, 1.82) is 0 Å². The molecule has 0 spiro atoms. The van der Waals surface area contributed by atoms with E-state index < -0.39 is 5.97 Å². The van der Waals surface area contributed by atoms with E-state index in [0.717, 1.165) is 28.6 Å². The zero-order valence-corrected chi connectivity index (χ0v) is 11.8. The average Bonchev–Trinajstić information content (AvgIpc) is 2.89. The number of benzene rings is 1. The summed E-state index contributed by atoms with van der Waals surface area (Å²) in [5.41, 5.74) is 4.21. The van der Waals surface area contributed by atoms with Gasteiger partial charge in [0.25, 0.3) is 0 Å². The highest BCUT2D eigenvalue weighted by molar-refractivity contribution is 5.95. The van der Waals surface area contributed by atoms with Crippen LogP contribution in [0.3, 0.4) is 0 Å². The lowest BCUT2D eigenvalue weighted by Crippen LogP contribution is -2.04. The number of carboxylic acids is 1. The molecule has 1 aromatic carbocycles. The van der Waals surface area contributed by atoms with E-state index in [9.17, 15) is 9.90 Å². The van der Waals surface area contributed by atoms with Crippen molar-refractivity contribution in [2.75, 3.05) is 0 Å². The molecular weight excluding hydrogens is 266 g/mol. The number of hydrogen-bond donors (Lipinski definition) is 2. The molecule has 5 heteroatoms. The lowest BCUT2D eigenvalue weighted by molar-refractivity contribution is 0.0697. The Labute approximate surface area is 121 Å². The number of aryl methyl sites for hydroxylation is 2. The molecule has 2 heterocycles. The fourth-order valence-corrected chi connectivity index (χ4v) is 2.28. The minimum absolute atomic E-state index is 0.171. The van der Waals surface area contributed by atoms with Crippen LogP contribution >= 0.6 is 0 Å². The molecule has 0 aliphatic heterocycles. The number of aromatic nitrogens is 3. The zero-order chi connectivity index (χ0) is 15.0. The number of carboxylic acid groups (broad SMARTS) is 1. The molecular formula is C16H15N3O2. The number of hydrogen-bond acceptors (Lipinski definition) is 3. The molecule has 0 fully saturated rings. The Bertz CT molecular complexity index is 837. The van der Waals surface area contributed by atoms with Crippen LogP contribution in [0.4, 0.5) is 0 Å². The Morgan fingerprint density at radius 2 is 2.14 bits per heavy atom. The predicted octanol–water partition coefficient (Wildman–Crippen LogP) is 3.19. The first-order valence-corrected chi connectivity index (χ1v) is 6.77. The van der Waals surface area contributed by atoms with E-state index in [4.69, 9.17) is 0 Å². The molecule has 0 radical (unpaired) electrons. The van der Waals surface area contributed by atoms with Gasteiger partial charge in [0, 0.05) is 6.20 Å². The van der Waals surface area contributed by atoms with Gasteiger partial charge in [-0.3, -0.25) is 4.98 Å². The van der Waals surface area contributed by atoms with Crippen LogP contribution in [0, 0.1) is 6.92 Å². The maximum Gasteiger partial charge on any atom is 0.338 e. The first-order chi connectivity index (χ1) is 10.1. The second kappa shape index (κ2) is 5.01. The van der Waals surface area contributed by atoms with Gasteiger partial charge in [-0.1, -0.05) is 13.0 Å². The Morgan fingerprint density at radius 1 is 1.33 bits per heavy atom. The van der Waals surface area contributed by atoms with Crippen molar-refractivity contribution >= 4 is 17.0 Å². The van der Waals surface area contributed by atoms with Gasteiger partial charge in [0.1, 0.15) is 5.69 Å². The van der Waals surface area contributed by atoms with Gasteiger partial charge >= 0.3 is 5.97 Å². The van der Waals surface area contributed by atoms with E-state index in [1.165, 1.54) is 0 Å². The van der Waals surface area contributed by atoms with Crippen molar-refractivity contribution in [2.24, 2.45) is 0 Å². The number of aromatic carboxylic acids is 1. The fourth-order valence-electron chi connectivity index (χ4n) is 2.28. The monoisotopic (exact) mass is 281 g/mol. The van der Waals surface area contributed by atoms with E-state index in [-0.39, 0.29) is 5.56 Å². The maximum atomic E-state index is 11.5. The molecule has 2 N–H and O–H groups in total. The summed E-state index contributed by atoms with van der Waals surface area (Å²) in [6.45, 7) is 3.96. The van der Waals surface area contributed by atoms with Crippen molar-refractivity contribution < 1.29 is 9.90 Å². The summed E-state index contributed by atoms with van der Waals surface area (Å²) in [5, 5.41) is 9.38. The van der Waals surface area contributed by atoms with Crippen molar-refractivity contribution in [3.05, 3.63) is 47.2 Å². The molecule has 3 aromatic rings. The van der Waals surface area contributed by atoms with Crippen LogP contribution in [0.5, 0.6) is 0 Å². The summed E-state index contributed by atoms with van der Waals surface area (Å²) >= 11 is 0. The number of pyridine rings is 1. The van der Waals surface area contributed by atoms with Crippen LogP contribution in [0.1, 0.15) is 28.4 Å². The zero-order valence-electron chi connectivity index (χ0n) is 11.8. The summed E-state index contributed by atoms with van der Waals surface area (Å²) in [6, 6.07) is 7.53. The summed E-state index contributed by atoms with van der Waals surface area (Å²) in [4.78, 5) is 23.3. The van der Waals surface area contributed by atoms with Gasteiger partial charge in [0.2, 0.25) is 0 Å². The summed E-state index contributed by atoms with van der Waals surface area (Å²) < 4.78 is 0. The molecule has 0 unspecified atom stereocenters. The highest BCUT2D eigenvalue weighted by atomic mass is 16.4. The number of fused-ring (bicyclic) bond motifs is 1. The number of aromatic amines is 1. The standard InChI is InChI=1S/C16H15N3O2/c1-3-10-7-11(16(20)21)14(17-8-10)15-18-12-5-4-9(2)6-13(12)19-15/h4-8H,3H2,1-2H3,(H,18,19)(H,20,21). The van der Waals surface area contributed by atoms with E-state index in [2.05, 4.69) is 15.0 Å². The molecule has 0 aliphatic carbocycles. The number of rotatable bonds is 3. The summed E-state index contributed by atoms with van der Waals surface area (Å²) in [6.07, 6.45) is 2.44. The van der Waals surface area contributed by atoms with E-state index in [1.54, 1.807) is 12.3 Å². The molecule has 3 rings (SSSR count). The van der Waals surface area contributed by atoms with E-state index in [1.807, 2.05) is 32.0 Å². The third-order valence-electron chi connectivity index (χ3n) is 3.45. The van der Waals surface area contributed by atoms with Crippen molar-refractivity contribution in [1.82, 2.24) is 15.0 Å². The Hall–Kier alpha value is -2.69. The van der Waals surface area contributed by atoms with Gasteiger partial charge in [-0.15, -0.1) is 0 Å². The molecule has 5 nitrogen and oxygen atoms in total. The Balaban J connectivity index is 2.19. The van der Waals surface area contributed by atoms with Gasteiger partial charge in [0.15, 0.2) is 5.82 Å². The van der Waals surface area contributed by atoms with Crippen LogP contribution in [0.15, 0.2) is 30.5 Å². The third kappa shape index (κ3) is 2.38.